The minimum absolute atomic E-state index is 0.0552. The van der Waals surface area contributed by atoms with Crippen LogP contribution in [0.2, 0.25) is 0 Å². The van der Waals surface area contributed by atoms with Crippen LogP contribution >= 0.6 is 0 Å². The molecule has 2 heterocycles. The third-order valence-corrected chi connectivity index (χ3v) is 3.77. The highest BCUT2D eigenvalue weighted by atomic mass is 16.2. The fourth-order valence-corrected chi connectivity index (χ4v) is 2.59. The lowest BCUT2D eigenvalue weighted by Gasteiger charge is -2.15. The molecule has 0 unspecified atom stereocenters. The molecule has 1 saturated heterocycles. The second-order valence-electron chi connectivity index (χ2n) is 5.36. The molecule has 0 saturated carbocycles. The van der Waals surface area contributed by atoms with E-state index >= 15 is 0 Å². The Morgan fingerprint density at radius 3 is 2.60 bits per heavy atom. The van der Waals surface area contributed by atoms with Gasteiger partial charge in [0, 0.05) is 32.0 Å². The number of imidazole rings is 1. The number of carbonyl (C=O) groups excluding carboxylic acids is 1. The van der Waals surface area contributed by atoms with Gasteiger partial charge in [0.05, 0.1) is 0 Å². The number of nitrogens with zero attached hydrogens (tertiary/aromatic N) is 3. The molecule has 2 aromatic rings. The first kappa shape index (κ1) is 12.9. The average molecular weight is 269 g/mol. The monoisotopic (exact) mass is 269 g/mol. The zero-order valence-electron chi connectivity index (χ0n) is 11.7. The Labute approximate surface area is 119 Å². The van der Waals surface area contributed by atoms with Crippen molar-refractivity contribution in [2.75, 3.05) is 13.1 Å². The first-order chi connectivity index (χ1) is 9.74. The quantitative estimate of drug-likeness (QED) is 0.858. The zero-order chi connectivity index (χ0) is 13.9. The summed E-state index contributed by atoms with van der Waals surface area (Å²) in [6.45, 7) is 4.48. The molecule has 1 aliphatic heterocycles. The van der Waals surface area contributed by atoms with E-state index in [1.54, 1.807) is 6.20 Å². The van der Waals surface area contributed by atoms with Crippen molar-refractivity contribution in [3.05, 3.63) is 53.6 Å². The highest BCUT2D eigenvalue weighted by molar-refractivity contribution is 5.91. The van der Waals surface area contributed by atoms with Gasteiger partial charge in [0.2, 0.25) is 0 Å². The smallest absolute Gasteiger partial charge is 0.289 e. The Morgan fingerprint density at radius 2 is 1.90 bits per heavy atom. The Kier molecular flexibility index (Phi) is 3.54. The molecule has 0 bridgehead atoms. The Balaban J connectivity index is 1.79. The largest absolute Gasteiger partial charge is 0.336 e. The van der Waals surface area contributed by atoms with E-state index in [-0.39, 0.29) is 5.91 Å². The van der Waals surface area contributed by atoms with Gasteiger partial charge in [-0.3, -0.25) is 4.79 Å². The summed E-state index contributed by atoms with van der Waals surface area (Å²) in [5, 5.41) is 0. The van der Waals surface area contributed by atoms with Crippen LogP contribution in [0, 0.1) is 6.92 Å². The normalized spacial score (nSPS) is 14.8. The van der Waals surface area contributed by atoms with Gasteiger partial charge in [-0.15, -0.1) is 0 Å². The predicted molar refractivity (Wildman–Crippen MR) is 77.6 cm³/mol. The summed E-state index contributed by atoms with van der Waals surface area (Å²) in [6.07, 6.45) is 5.79. The molecule has 104 valence electrons. The molecular formula is C16H19N3O. The fraction of sp³-hybridized carbons (Fsp3) is 0.375. The maximum Gasteiger partial charge on any atom is 0.289 e. The van der Waals surface area contributed by atoms with Crippen molar-refractivity contribution >= 4 is 5.91 Å². The van der Waals surface area contributed by atoms with Gasteiger partial charge in [0.15, 0.2) is 5.82 Å². The maximum absolute atomic E-state index is 12.4. The van der Waals surface area contributed by atoms with Crippen molar-refractivity contribution in [1.82, 2.24) is 14.5 Å². The minimum Gasteiger partial charge on any atom is -0.336 e. The molecule has 1 aromatic heterocycles. The molecule has 4 heteroatoms. The van der Waals surface area contributed by atoms with Crippen LogP contribution in [0.15, 0.2) is 36.7 Å². The molecule has 0 radical (unpaired) electrons. The summed E-state index contributed by atoms with van der Waals surface area (Å²) in [6, 6.07) is 8.38. The van der Waals surface area contributed by atoms with E-state index in [9.17, 15) is 4.79 Å². The summed E-state index contributed by atoms with van der Waals surface area (Å²) >= 11 is 0. The summed E-state index contributed by atoms with van der Waals surface area (Å²) < 4.78 is 1.94. The van der Waals surface area contributed by atoms with Crippen molar-refractivity contribution in [2.45, 2.75) is 26.3 Å². The molecule has 1 fully saturated rings. The van der Waals surface area contributed by atoms with E-state index in [2.05, 4.69) is 36.2 Å². The van der Waals surface area contributed by atoms with Crippen LogP contribution in [0.5, 0.6) is 0 Å². The van der Waals surface area contributed by atoms with E-state index in [1.165, 1.54) is 11.1 Å². The predicted octanol–water partition coefficient (Wildman–Crippen LogP) is 2.48. The summed E-state index contributed by atoms with van der Waals surface area (Å²) in [7, 11) is 0. The number of benzene rings is 1. The Morgan fingerprint density at radius 1 is 1.20 bits per heavy atom. The molecule has 1 amide bonds. The molecule has 0 aliphatic carbocycles. The van der Waals surface area contributed by atoms with Crippen LogP contribution in [-0.2, 0) is 6.54 Å². The van der Waals surface area contributed by atoms with Crippen LogP contribution in [0.3, 0.4) is 0 Å². The van der Waals surface area contributed by atoms with Gasteiger partial charge in [-0.25, -0.2) is 4.98 Å². The first-order valence-electron chi connectivity index (χ1n) is 7.10. The SMILES string of the molecule is Cc1ccc(Cn2ccnc2C(=O)N2CCCC2)cc1. The average Bonchev–Trinajstić information content (AvgIpc) is 3.12. The third-order valence-electron chi connectivity index (χ3n) is 3.77. The Hall–Kier alpha value is -2.10. The third kappa shape index (κ3) is 2.59. The standard InChI is InChI=1S/C16H19N3O/c1-13-4-6-14(7-5-13)12-19-11-8-17-15(19)16(20)18-9-2-3-10-18/h4-8,11H,2-3,9-10,12H2,1H3. The van der Waals surface area contributed by atoms with Crippen LogP contribution in [-0.4, -0.2) is 33.4 Å². The lowest BCUT2D eigenvalue weighted by molar-refractivity contribution is 0.0776. The number of likely N-dealkylation sites (tertiary alicyclic amines) is 1. The van der Waals surface area contributed by atoms with Gasteiger partial charge >= 0.3 is 0 Å². The van der Waals surface area contributed by atoms with Crippen LogP contribution < -0.4 is 0 Å². The van der Waals surface area contributed by atoms with Crippen LogP contribution in [0.4, 0.5) is 0 Å². The first-order valence-corrected chi connectivity index (χ1v) is 7.10. The van der Waals surface area contributed by atoms with E-state index in [4.69, 9.17) is 0 Å². The summed E-state index contributed by atoms with van der Waals surface area (Å²) in [5.41, 5.74) is 2.43. The zero-order valence-corrected chi connectivity index (χ0v) is 11.7. The molecular weight excluding hydrogens is 250 g/mol. The maximum atomic E-state index is 12.4. The van der Waals surface area contributed by atoms with Crippen molar-refractivity contribution in [1.29, 1.82) is 0 Å². The topological polar surface area (TPSA) is 38.1 Å². The molecule has 4 nitrogen and oxygen atoms in total. The second kappa shape index (κ2) is 5.49. The Bertz CT molecular complexity index is 594. The number of carbonyl (C=O) groups is 1. The second-order valence-corrected chi connectivity index (χ2v) is 5.36. The fourth-order valence-electron chi connectivity index (χ4n) is 2.59. The van der Waals surface area contributed by atoms with Crippen LogP contribution in [0.25, 0.3) is 0 Å². The molecule has 0 N–H and O–H groups in total. The van der Waals surface area contributed by atoms with Gasteiger partial charge < -0.3 is 9.47 Å². The van der Waals surface area contributed by atoms with Crippen molar-refractivity contribution in [2.24, 2.45) is 0 Å². The molecule has 3 rings (SSSR count). The lowest BCUT2D eigenvalue weighted by Crippen LogP contribution is -2.30. The number of amides is 1. The van der Waals surface area contributed by atoms with E-state index < -0.39 is 0 Å². The number of aryl methyl sites for hydroxylation is 1. The highest BCUT2D eigenvalue weighted by Crippen LogP contribution is 2.13. The molecule has 1 aliphatic rings. The number of rotatable bonds is 3. The van der Waals surface area contributed by atoms with Crippen LogP contribution in [0.1, 0.15) is 34.6 Å². The van der Waals surface area contributed by atoms with Gasteiger partial charge in [-0.2, -0.15) is 0 Å². The van der Waals surface area contributed by atoms with Crippen molar-refractivity contribution in [3.63, 3.8) is 0 Å². The molecule has 20 heavy (non-hydrogen) atoms. The van der Waals surface area contributed by atoms with Gasteiger partial charge in [0.1, 0.15) is 0 Å². The van der Waals surface area contributed by atoms with Gasteiger partial charge in [0.25, 0.3) is 5.91 Å². The molecule has 1 aromatic carbocycles. The van der Waals surface area contributed by atoms with Gasteiger partial charge in [-0.1, -0.05) is 29.8 Å². The van der Waals surface area contributed by atoms with Crippen molar-refractivity contribution in [3.8, 4) is 0 Å². The van der Waals surface area contributed by atoms with Gasteiger partial charge in [-0.05, 0) is 25.3 Å². The number of hydrogen-bond acceptors (Lipinski definition) is 2. The summed E-state index contributed by atoms with van der Waals surface area (Å²) in [4.78, 5) is 18.6. The van der Waals surface area contributed by atoms with Crippen molar-refractivity contribution < 1.29 is 4.79 Å². The highest BCUT2D eigenvalue weighted by Gasteiger charge is 2.23. The molecule has 0 atom stereocenters. The number of hydrogen-bond donors (Lipinski definition) is 0. The number of aromatic nitrogens is 2. The minimum atomic E-state index is 0.0552. The van der Waals surface area contributed by atoms with E-state index in [1.807, 2.05) is 15.7 Å². The van der Waals surface area contributed by atoms with E-state index in [0.717, 1.165) is 25.9 Å². The van der Waals surface area contributed by atoms with E-state index in [0.29, 0.717) is 12.4 Å². The lowest BCUT2D eigenvalue weighted by atomic mass is 10.1. The molecule has 0 spiro atoms. The summed E-state index contributed by atoms with van der Waals surface area (Å²) in [5.74, 6) is 0.604.